The number of benzene rings is 11. The Hall–Kier alpha value is -8.96. The molecule has 0 spiro atoms. The van der Waals surface area contributed by atoms with Crippen molar-refractivity contribution < 1.29 is 0 Å². The largest absolute Gasteiger partial charge is 0.309 e. The number of rotatable bonds is 8. The molecule has 328 valence electrons. The Morgan fingerprint density at radius 3 is 1.29 bits per heavy atom. The Balaban J connectivity index is 1.10. The summed E-state index contributed by atoms with van der Waals surface area (Å²) in [5, 5.41) is 12.8. The van der Waals surface area contributed by atoms with Gasteiger partial charge in [-0.25, -0.2) is 0 Å². The van der Waals surface area contributed by atoms with E-state index in [1.807, 2.05) is 0 Å². The van der Waals surface area contributed by atoms with Gasteiger partial charge in [0.1, 0.15) is 0 Å². The van der Waals surface area contributed by atoms with Crippen molar-refractivity contribution in [1.82, 2.24) is 13.7 Å². The van der Waals surface area contributed by atoms with E-state index in [0.29, 0.717) is 0 Å². The van der Waals surface area contributed by atoms with Crippen LogP contribution in [0.4, 0.5) is 0 Å². The van der Waals surface area contributed by atoms with Gasteiger partial charge in [-0.3, -0.25) is 0 Å². The molecule has 4 heteroatoms. The van der Waals surface area contributed by atoms with Gasteiger partial charge in [0.05, 0.1) is 38.8 Å². The van der Waals surface area contributed by atoms with E-state index in [9.17, 15) is 0 Å². The lowest BCUT2D eigenvalue weighted by atomic mass is 10.1. The average Bonchev–Trinajstić information content (AvgIpc) is 4.08. The standard InChI is InChI=1S/C66H45N3Si/c1-5-21-46(22-6-1)47-23-19-24-48(43-47)68-63-42-39-49(67-60-35-16-13-31-54(60)55-32-14-17-36-61(55)67)44-59(63)58-34-20-38-64(66(58)68)69-62-37-18-15-33-56(62)57-41-40-53(45-65(57)69)70(50-25-7-2-8-26-50,51-27-9-3-10-28-51)52-29-11-4-12-30-52/h1-45H. The van der Waals surface area contributed by atoms with Crippen molar-refractivity contribution in [1.29, 1.82) is 0 Å². The van der Waals surface area contributed by atoms with Gasteiger partial charge in [0.25, 0.3) is 0 Å². The number of nitrogens with zero attached hydrogens (tertiary/aromatic N) is 3. The topological polar surface area (TPSA) is 14.8 Å². The molecule has 0 aliphatic rings. The first kappa shape index (κ1) is 40.1. The fourth-order valence-corrected chi connectivity index (χ4v) is 16.6. The minimum absolute atomic E-state index is 1.11. The SMILES string of the molecule is c1ccc(-c2cccc(-n3c4ccc(-n5c6ccccc6c6ccccc65)cc4c4cccc(-n5c6ccccc6c6ccc([Si](c7ccccc7)(c7ccccc7)c7ccccc7)cc65)c43)c2)cc1. The quantitative estimate of drug-likeness (QED) is 0.107. The van der Waals surface area contributed by atoms with Gasteiger partial charge in [-0.1, -0.05) is 212 Å². The predicted octanol–water partition coefficient (Wildman–Crippen LogP) is 14.0. The molecule has 3 aromatic heterocycles. The lowest BCUT2D eigenvalue weighted by Crippen LogP contribution is -2.74. The first-order chi connectivity index (χ1) is 34.8. The van der Waals surface area contributed by atoms with Crippen molar-refractivity contribution >= 4 is 94.2 Å². The molecule has 11 aromatic carbocycles. The van der Waals surface area contributed by atoms with Gasteiger partial charge in [-0.15, -0.1) is 0 Å². The van der Waals surface area contributed by atoms with Gasteiger partial charge in [-0.05, 0) is 92.5 Å². The third-order valence-electron chi connectivity index (χ3n) is 14.8. The van der Waals surface area contributed by atoms with E-state index in [-0.39, 0.29) is 0 Å². The highest BCUT2D eigenvalue weighted by atomic mass is 28.3. The van der Waals surface area contributed by atoms with Gasteiger partial charge in [0.15, 0.2) is 8.07 Å². The first-order valence-corrected chi connectivity index (χ1v) is 26.2. The smallest absolute Gasteiger partial charge is 0.179 e. The summed E-state index contributed by atoms with van der Waals surface area (Å²) in [4.78, 5) is 0. The molecule has 0 bridgehead atoms. The molecule has 70 heavy (non-hydrogen) atoms. The van der Waals surface area contributed by atoms with E-state index < -0.39 is 8.07 Å². The van der Waals surface area contributed by atoms with E-state index in [1.54, 1.807) is 0 Å². The van der Waals surface area contributed by atoms with Crippen molar-refractivity contribution in [2.24, 2.45) is 0 Å². The molecule has 0 atom stereocenters. The van der Waals surface area contributed by atoms with Gasteiger partial charge in [-0.2, -0.15) is 0 Å². The second-order valence-corrected chi connectivity index (χ2v) is 22.2. The van der Waals surface area contributed by atoms with Crippen LogP contribution in [0.2, 0.25) is 0 Å². The van der Waals surface area contributed by atoms with Gasteiger partial charge in [0.2, 0.25) is 0 Å². The zero-order valence-electron chi connectivity index (χ0n) is 38.3. The maximum atomic E-state index is 2.56. The predicted molar refractivity (Wildman–Crippen MR) is 299 cm³/mol. The summed E-state index contributed by atoms with van der Waals surface area (Å²) in [5.41, 5.74) is 12.8. The van der Waals surface area contributed by atoms with Crippen molar-refractivity contribution in [3.05, 3.63) is 273 Å². The van der Waals surface area contributed by atoms with Crippen LogP contribution in [0.3, 0.4) is 0 Å². The van der Waals surface area contributed by atoms with E-state index >= 15 is 0 Å². The summed E-state index contributed by atoms with van der Waals surface area (Å²) in [6.45, 7) is 0. The number of para-hydroxylation sites is 4. The fraction of sp³-hybridized carbons (Fsp3) is 0. The molecule has 0 N–H and O–H groups in total. The maximum Gasteiger partial charge on any atom is 0.179 e. The summed E-state index contributed by atoms with van der Waals surface area (Å²) in [6, 6.07) is 101. The Kier molecular flexibility index (Phi) is 9.23. The van der Waals surface area contributed by atoms with Gasteiger partial charge >= 0.3 is 0 Å². The monoisotopic (exact) mass is 907 g/mol. The van der Waals surface area contributed by atoms with Crippen LogP contribution in [-0.4, -0.2) is 21.8 Å². The minimum atomic E-state index is -2.87. The van der Waals surface area contributed by atoms with Crippen LogP contribution in [0.1, 0.15) is 0 Å². The third kappa shape index (κ3) is 6.00. The van der Waals surface area contributed by atoms with Crippen molar-refractivity contribution in [2.75, 3.05) is 0 Å². The molecule has 0 aliphatic carbocycles. The molecule has 0 radical (unpaired) electrons. The number of aromatic nitrogens is 3. The zero-order chi connectivity index (χ0) is 46.2. The molecule has 3 nitrogen and oxygen atoms in total. The zero-order valence-corrected chi connectivity index (χ0v) is 39.3. The Bertz CT molecular complexity index is 4130. The molecule has 0 amide bonds. The molecule has 14 aromatic rings. The van der Waals surface area contributed by atoms with E-state index in [0.717, 1.165) is 28.1 Å². The van der Waals surface area contributed by atoms with Crippen LogP contribution in [0.5, 0.6) is 0 Å². The summed E-state index contributed by atoms with van der Waals surface area (Å²) >= 11 is 0. The molecule has 0 aliphatic heterocycles. The second-order valence-electron chi connectivity index (χ2n) is 18.4. The van der Waals surface area contributed by atoms with E-state index in [4.69, 9.17) is 0 Å². The van der Waals surface area contributed by atoms with Gasteiger partial charge < -0.3 is 13.7 Å². The molecule has 0 unspecified atom stereocenters. The third-order valence-corrected chi connectivity index (χ3v) is 19.5. The molecule has 14 rings (SSSR count). The van der Waals surface area contributed by atoms with Crippen LogP contribution < -0.4 is 20.7 Å². The average molecular weight is 908 g/mol. The summed E-state index contributed by atoms with van der Waals surface area (Å²) in [7, 11) is -2.87. The summed E-state index contributed by atoms with van der Waals surface area (Å²) in [6.07, 6.45) is 0. The van der Waals surface area contributed by atoms with Crippen molar-refractivity contribution in [3.8, 4) is 28.2 Å². The number of hydrogen-bond acceptors (Lipinski definition) is 0. The van der Waals surface area contributed by atoms with Crippen molar-refractivity contribution in [2.45, 2.75) is 0 Å². The van der Waals surface area contributed by atoms with E-state index in [2.05, 4.69) is 287 Å². The molecular formula is C66H45N3Si. The molecule has 0 saturated carbocycles. The lowest BCUT2D eigenvalue weighted by molar-refractivity contribution is 1.13. The molecule has 0 fully saturated rings. The van der Waals surface area contributed by atoms with Crippen LogP contribution in [0, 0.1) is 0 Å². The lowest BCUT2D eigenvalue weighted by Gasteiger charge is -2.34. The number of hydrogen-bond donors (Lipinski definition) is 0. The van der Waals surface area contributed by atoms with Crippen LogP contribution >= 0.6 is 0 Å². The molecule has 3 heterocycles. The normalized spacial score (nSPS) is 12.0. The molecule has 0 saturated heterocycles. The highest BCUT2D eigenvalue weighted by Crippen LogP contribution is 2.42. The Labute approximate surface area is 407 Å². The minimum Gasteiger partial charge on any atom is -0.309 e. The van der Waals surface area contributed by atoms with Crippen molar-refractivity contribution in [3.63, 3.8) is 0 Å². The fourth-order valence-electron chi connectivity index (χ4n) is 11.8. The number of fused-ring (bicyclic) bond motifs is 9. The highest BCUT2D eigenvalue weighted by molar-refractivity contribution is 7.20. The maximum absolute atomic E-state index is 2.87. The molecular weight excluding hydrogens is 863 g/mol. The van der Waals surface area contributed by atoms with Gasteiger partial charge in [0, 0.05) is 43.7 Å². The first-order valence-electron chi connectivity index (χ1n) is 24.2. The summed E-state index contributed by atoms with van der Waals surface area (Å²) in [5.74, 6) is 0. The highest BCUT2D eigenvalue weighted by Gasteiger charge is 2.41. The summed E-state index contributed by atoms with van der Waals surface area (Å²) < 4.78 is 7.51. The van der Waals surface area contributed by atoms with Crippen LogP contribution in [0.25, 0.3) is 93.6 Å². The Morgan fingerprint density at radius 1 is 0.229 bits per heavy atom. The second kappa shape index (κ2) is 16.1. The van der Waals surface area contributed by atoms with Crippen LogP contribution in [0.15, 0.2) is 273 Å². The Morgan fingerprint density at radius 2 is 0.686 bits per heavy atom. The van der Waals surface area contributed by atoms with Crippen LogP contribution in [-0.2, 0) is 0 Å². The van der Waals surface area contributed by atoms with E-state index in [1.165, 1.54) is 86.3 Å².